The number of carbonyl (C=O) groups excluding carboxylic acids is 1. The van der Waals surface area contributed by atoms with E-state index in [1.165, 1.54) is 19.3 Å². The first-order chi connectivity index (χ1) is 20.2. The number of halogens is 4. The molecule has 2 aromatic carbocycles. The number of imidazole rings is 1. The molecule has 3 aromatic rings. The van der Waals surface area contributed by atoms with Gasteiger partial charge in [0.15, 0.2) is 0 Å². The summed E-state index contributed by atoms with van der Waals surface area (Å²) in [7, 11) is -1.62. The second-order valence-electron chi connectivity index (χ2n) is 10.1. The zero-order valence-electron chi connectivity index (χ0n) is 25.2. The van der Waals surface area contributed by atoms with Crippen LogP contribution in [0.2, 0.25) is 0 Å². The lowest BCUT2D eigenvalue weighted by Gasteiger charge is -2.09. The van der Waals surface area contributed by atoms with E-state index in [-0.39, 0.29) is 10.7 Å². The summed E-state index contributed by atoms with van der Waals surface area (Å²) in [5.74, 6) is 1.49. The molecule has 0 spiro atoms. The highest BCUT2D eigenvalue weighted by atomic mass is 19.4. The number of aromatic nitrogens is 2. The van der Waals surface area contributed by atoms with E-state index >= 15 is 0 Å². The molecule has 43 heavy (non-hydrogen) atoms. The summed E-state index contributed by atoms with van der Waals surface area (Å²) < 4.78 is 50.2. The molecule has 3 rings (SSSR count). The van der Waals surface area contributed by atoms with Crippen LogP contribution >= 0.6 is 0 Å². The minimum absolute atomic E-state index is 0. The van der Waals surface area contributed by atoms with Crippen molar-refractivity contribution in [2.75, 3.05) is 19.8 Å². The molecule has 1 heterocycles. The average Bonchev–Trinajstić information content (AvgIpc) is 3.39. The second-order valence-corrected chi connectivity index (χ2v) is 10.1. The molecule has 0 amide bonds. The van der Waals surface area contributed by atoms with Crippen LogP contribution in [0.1, 0.15) is 58.3 Å². The third-order valence-electron chi connectivity index (χ3n) is 6.33. The molecule has 6 nitrogen and oxygen atoms in total. The third kappa shape index (κ3) is 17.1. The number of unbranched alkanes of at least 4 members (excludes halogenated alkanes) is 6. The lowest BCUT2D eigenvalue weighted by Crippen LogP contribution is -3.00. The number of rotatable bonds is 18. The van der Waals surface area contributed by atoms with Gasteiger partial charge < -0.3 is 18.9 Å². The summed E-state index contributed by atoms with van der Waals surface area (Å²) in [5, 5.41) is 0. The summed E-state index contributed by atoms with van der Waals surface area (Å²) >= 11 is 0. The standard InChI is InChI=1S/C32H43N2O4.BF3.FH/c1-27(2)32(35)38-25-11-7-6-10-24-37-31-18-14-29(15-19-31)28-12-16-30(17-13-28)36-23-9-5-4-8-20-34-22-21-33(3)26-34;2-1(3)4;/h12-19,21-22,26H,1,4-11,20,23-25H2,2-3H3;;1H/q+1;;/p-1. The smallest absolute Gasteiger partial charge is 0.762 e. The van der Waals surface area contributed by atoms with Crippen LogP contribution in [0.5, 0.6) is 11.5 Å². The summed E-state index contributed by atoms with van der Waals surface area (Å²) in [6.07, 6.45) is 14.9. The van der Waals surface area contributed by atoms with Gasteiger partial charge in [0.05, 0.1) is 33.4 Å². The Morgan fingerprint density at radius 2 is 1.23 bits per heavy atom. The molecule has 0 unspecified atom stereocenters. The van der Waals surface area contributed by atoms with E-state index in [1.807, 2.05) is 24.3 Å². The molecular weight excluding hydrogens is 563 g/mol. The van der Waals surface area contributed by atoms with E-state index in [0.717, 1.165) is 67.9 Å². The van der Waals surface area contributed by atoms with E-state index in [0.29, 0.717) is 18.8 Å². The van der Waals surface area contributed by atoms with Crippen molar-refractivity contribution in [2.24, 2.45) is 7.05 Å². The molecule has 0 bridgehead atoms. The number of esters is 1. The van der Waals surface area contributed by atoms with Gasteiger partial charge in [-0.2, -0.15) is 0 Å². The van der Waals surface area contributed by atoms with Gasteiger partial charge in [-0.25, -0.2) is 13.9 Å². The van der Waals surface area contributed by atoms with Crippen molar-refractivity contribution in [2.45, 2.75) is 64.8 Å². The zero-order valence-corrected chi connectivity index (χ0v) is 25.2. The van der Waals surface area contributed by atoms with Gasteiger partial charge in [-0.15, -0.1) is 0 Å². The van der Waals surface area contributed by atoms with Gasteiger partial charge in [0.2, 0.25) is 6.33 Å². The normalized spacial score (nSPS) is 10.2. The van der Waals surface area contributed by atoms with E-state index in [1.54, 1.807) is 6.92 Å². The predicted octanol–water partition coefficient (Wildman–Crippen LogP) is 4.56. The molecule has 0 N–H and O–H groups in total. The SMILES string of the molecule is C=C(C)C(=O)OCCCCCCOc1ccc(-c2ccc(OCCCCCCn3cc[n+](C)c3)cc2)cc1.FB(F)F.[F-]. The van der Waals surface area contributed by atoms with Crippen LogP contribution in [-0.2, 0) is 23.1 Å². The predicted molar refractivity (Wildman–Crippen MR) is 160 cm³/mol. The maximum atomic E-state index is 11.3. The molecule has 0 fully saturated rings. The van der Waals surface area contributed by atoms with Gasteiger partial charge in [-0.3, -0.25) is 12.9 Å². The molecule has 0 atom stereocenters. The highest BCUT2D eigenvalue weighted by Gasteiger charge is 2.06. The number of ether oxygens (including phenoxy) is 3. The Labute approximate surface area is 253 Å². The van der Waals surface area contributed by atoms with Gasteiger partial charge in [0.1, 0.15) is 23.9 Å². The molecular formula is C32H43BF4N2O4. The van der Waals surface area contributed by atoms with Crippen LogP contribution in [0.15, 0.2) is 79.4 Å². The molecule has 1 aromatic heterocycles. The number of hydrogen-bond acceptors (Lipinski definition) is 4. The number of carbonyl (C=O) groups is 1. The van der Waals surface area contributed by atoms with Gasteiger partial charge in [-0.05, 0) is 93.7 Å². The van der Waals surface area contributed by atoms with Crippen LogP contribution in [0, 0.1) is 0 Å². The van der Waals surface area contributed by atoms with Gasteiger partial charge >= 0.3 is 13.5 Å². The maximum Gasteiger partial charge on any atom is 0.762 e. The fourth-order valence-corrected chi connectivity index (χ4v) is 4.10. The van der Waals surface area contributed by atoms with E-state index in [4.69, 9.17) is 14.2 Å². The van der Waals surface area contributed by atoms with Crippen molar-refractivity contribution in [1.29, 1.82) is 0 Å². The molecule has 0 aliphatic rings. The number of benzene rings is 2. The quantitative estimate of drug-likeness (QED) is 0.0533. The zero-order chi connectivity index (χ0) is 30.6. The molecule has 236 valence electrons. The summed E-state index contributed by atoms with van der Waals surface area (Å²) in [4.78, 5) is 11.3. The second kappa shape index (κ2) is 21.9. The number of aryl methyl sites for hydroxylation is 2. The molecule has 0 aliphatic carbocycles. The minimum Gasteiger partial charge on any atom is -1.00 e. The summed E-state index contributed by atoms with van der Waals surface area (Å²) in [5.41, 5.74) is 2.76. The average molecular weight is 607 g/mol. The Morgan fingerprint density at radius 3 is 1.65 bits per heavy atom. The molecule has 0 saturated heterocycles. The van der Waals surface area contributed by atoms with Crippen molar-refractivity contribution in [1.82, 2.24) is 4.57 Å². The van der Waals surface area contributed by atoms with Gasteiger partial charge in [-0.1, -0.05) is 30.8 Å². The highest BCUT2D eigenvalue weighted by Crippen LogP contribution is 2.25. The Morgan fingerprint density at radius 1 is 0.791 bits per heavy atom. The van der Waals surface area contributed by atoms with Crippen molar-refractivity contribution >= 4 is 13.5 Å². The Bertz CT molecular complexity index is 1170. The van der Waals surface area contributed by atoms with Crippen LogP contribution in [0.3, 0.4) is 0 Å². The van der Waals surface area contributed by atoms with Crippen LogP contribution in [0.4, 0.5) is 12.9 Å². The van der Waals surface area contributed by atoms with E-state index in [2.05, 4.69) is 65.7 Å². The first kappa shape index (κ1) is 37.3. The molecule has 11 heteroatoms. The topological polar surface area (TPSA) is 53.6 Å². The lowest BCUT2D eigenvalue weighted by molar-refractivity contribution is -0.671. The van der Waals surface area contributed by atoms with Crippen molar-refractivity contribution in [3.05, 3.63) is 79.4 Å². The summed E-state index contributed by atoms with van der Waals surface area (Å²) in [6.45, 7) is 8.21. The van der Waals surface area contributed by atoms with Crippen molar-refractivity contribution in [3.63, 3.8) is 0 Å². The third-order valence-corrected chi connectivity index (χ3v) is 6.33. The number of nitrogens with zero attached hydrogens (tertiary/aromatic N) is 2. The fraction of sp³-hybridized carbons (Fsp3) is 0.438. The molecule has 0 aliphatic heterocycles. The Balaban J connectivity index is 0.00000174. The van der Waals surface area contributed by atoms with E-state index in [9.17, 15) is 17.7 Å². The highest BCUT2D eigenvalue weighted by molar-refractivity contribution is 6.33. The van der Waals surface area contributed by atoms with Crippen molar-refractivity contribution < 1.29 is 41.2 Å². The number of hydrogen-bond donors (Lipinski definition) is 0. The lowest BCUT2D eigenvalue weighted by atomic mass is 10.1. The van der Waals surface area contributed by atoms with E-state index < -0.39 is 7.54 Å². The maximum absolute atomic E-state index is 11.3. The van der Waals surface area contributed by atoms with Crippen LogP contribution in [-0.4, -0.2) is 37.9 Å². The summed E-state index contributed by atoms with van der Waals surface area (Å²) in [6, 6.07) is 16.5. The van der Waals surface area contributed by atoms with Crippen molar-refractivity contribution in [3.8, 4) is 22.6 Å². The monoisotopic (exact) mass is 606 g/mol. The van der Waals surface area contributed by atoms with Crippen LogP contribution < -0.4 is 18.7 Å². The molecule has 0 saturated carbocycles. The first-order valence-corrected chi connectivity index (χ1v) is 14.5. The minimum atomic E-state index is -3.67. The first-order valence-electron chi connectivity index (χ1n) is 14.5. The van der Waals surface area contributed by atoms with Gasteiger partial charge in [0.25, 0.3) is 0 Å². The Kier molecular flexibility index (Phi) is 19.0. The van der Waals surface area contributed by atoms with Crippen LogP contribution in [0.25, 0.3) is 11.1 Å². The largest absolute Gasteiger partial charge is 1.00 e. The molecule has 0 radical (unpaired) electrons. The fourth-order valence-electron chi connectivity index (χ4n) is 4.10. The Hall–Kier alpha value is -3.76. The van der Waals surface area contributed by atoms with Gasteiger partial charge in [0, 0.05) is 5.57 Å².